The summed E-state index contributed by atoms with van der Waals surface area (Å²) in [4.78, 5) is 16.6. The van der Waals surface area contributed by atoms with Gasteiger partial charge in [0.1, 0.15) is 6.61 Å². The van der Waals surface area contributed by atoms with Gasteiger partial charge < -0.3 is 24.8 Å². The van der Waals surface area contributed by atoms with Gasteiger partial charge in [0.2, 0.25) is 0 Å². The predicted molar refractivity (Wildman–Crippen MR) is 135 cm³/mol. The molecule has 1 aliphatic heterocycles. The third-order valence-corrected chi connectivity index (χ3v) is 4.91. The number of esters is 1. The van der Waals surface area contributed by atoms with Crippen LogP contribution in [0, 0.1) is 0 Å². The highest BCUT2D eigenvalue weighted by Crippen LogP contribution is 2.10. The zero-order valence-corrected chi connectivity index (χ0v) is 20.7. The van der Waals surface area contributed by atoms with Crippen molar-refractivity contribution in [3.63, 3.8) is 0 Å². The molecular formula is C24H32IN3O4. The molecule has 32 heavy (non-hydrogen) atoms. The van der Waals surface area contributed by atoms with Crippen molar-refractivity contribution in [1.29, 1.82) is 0 Å². The van der Waals surface area contributed by atoms with Gasteiger partial charge in [-0.05, 0) is 36.1 Å². The van der Waals surface area contributed by atoms with E-state index >= 15 is 0 Å². The van der Waals surface area contributed by atoms with E-state index in [4.69, 9.17) is 14.2 Å². The maximum atomic E-state index is 12.4. The van der Waals surface area contributed by atoms with Crippen molar-refractivity contribution in [2.75, 3.05) is 33.4 Å². The maximum Gasteiger partial charge on any atom is 0.338 e. The molecule has 2 N–H and O–H groups in total. The molecule has 0 amide bonds. The molecule has 1 unspecified atom stereocenters. The highest BCUT2D eigenvalue weighted by Gasteiger charge is 2.15. The molecule has 1 saturated heterocycles. The Hall–Kier alpha value is -2.17. The van der Waals surface area contributed by atoms with Crippen LogP contribution >= 0.6 is 24.0 Å². The molecule has 0 bridgehead atoms. The highest BCUT2D eigenvalue weighted by atomic mass is 127. The van der Waals surface area contributed by atoms with Crippen LogP contribution in [-0.2, 0) is 27.4 Å². The van der Waals surface area contributed by atoms with Crippen molar-refractivity contribution < 1.29 is 19.0 Å². The van der Waals surface area contributed by atoms with E-state index in [1.54, 1.807) is 13.1 Å². The lowest BCUT2D eigenvalue weighted by Gasteiger charge is -2.13. The third kappa shape index (κ3) is 9.13. The molecule has 3 rings (SSSR count). The lowest BCUT2D eigenvalue weighted by Crippen LogP contribution is -2.37. The van der Waals surface area contributed by atoms with Gasteiger partial charge in [0.15, 0.2) is 5.96 Å². The van der Waals surface area contributed by atoms with Gasteiger partial charge in [-0.1, -0.05) is 42.5 Å². The molecule has 1 fully saturated rings. The van der Waals surface area contributed by atoms with Gasteiger partial charge >= 0.3 is 5.97 Å². The average molecular weight is 553 g/mol. The Morgan fingerprint density at radius 2 is 1.94 bits per heavy atom. The van der Waals surface area contributed by atoms with E-state index in [0.29, 0.717) is 31.3 Å². The Kier molecular flexibility index (Phi) is 12.1. The van der Waals surface area contributed by atoms with Crippen LogP contribution in [0.1, 0.15) is 34.3 Å². The number of nitrogens with zero attached hydrogens (tertiary/aromatic N) is 1. The van der Waals surface area contributed by atoms with E-state index in [1.165, 1.54) is 0 Å². The van der Waals surface area contributed by atoms with Crippen LogP contribution in [0.25, 0.3) is 0 Å². The second kappa shape index (κ2) is 14.8. The Balaban J connectivity index is 0.00000363. The van der Waals surface area contributed by atoms with Crippen LogP contribution in [0.4, 0.5) is 0 Å². The minimum Gasteiger partial charge on any atom is -0.457 e. The molecule has 8 heteroatoms. The summed E-state index contributed by atoms with van der Waals surface area (Å²) in [6.45, 7) is 3.77. The van der Waals surface area contributed by atoms with Crippen LogP contribution in [-0.4, -0.2) is 51.4 Å². The number of ether oxygens (including phenoxy) is 3. The molecule has 1 aliphatic rings. The number of aliphatic imine (C=N–C) groups is 1. The zero-order valence-electron chi connectivity index (χ0n) is 18.4. The van der Waals surface area contributed by atoms with Crippen LogP contribution in [0.2, 0.25) is 0 Å². The van der Waals surface area contributed by atoms with E-state index in [1.807, 2.05) is 48.5 Å². The molecule has 0 aromatic heterocycles. The van der Waals surface area contributed by atoms with Crippen molar-refractivity contribution >= 4 is 35.9 Å². The summed E-state index contributed by atoms with van der Waals surface area (Å²) in [5, 5.41) is 6.54. The molecule has 0 spiro atoms. The molecule has 2 aromatic carbocycles. The second-order valence-electron chi connectivity index (χ2n) is 7.32. The number of carbonyl (C=O) groups excluding carboxylic acids is 1. The van der Waals surface area contributed by atoms with Crippen molar-refractivity contribution in [3.8, 4) is 0 Å². The number of benzene rings is 2. The second-order valence-corrected chi connectivity index (χ2v) is 7.32. The normalized spacial score (nSPS) is 15.7. The number of guanidine groups is 1. The minimum absolute atomic E-state index is 0. The molecule has 2 aromatic rings. The first-order valence-electron chi connectivity index (χ1n) is 10.7. The van der Waals surface area contributed by atoms with Gasteiger partial charge in [-0.25, -0.2) is 4.79 Å². The zero-order chi connectivity index (χ0) is 21.7. The standard InChI is InChI=1S/C24H31N3O4.HI/c1-25-24(26-12-6-13-30-22-11-14-29-18-22)27-16-20-9-5-10-21(15-20)23(28)31-17-19-7-3-2-4-8-19;/h2-5,7-10,15,22H,6,11-14,16-18H2,1H3,(H2,25,26,27);1H. The third-order valence-electron chi connectivity index (χ3n) is 4.91. The van der Waals surface area contributed by atoms with Crippen molar-refractivity contribution in [2.45, 2.75) is 32.1 Å². The largest absolute Gasteiger partial charge is 0.457 e. The van der Waals surface area contributed by atoms with E-state index in [9.17, 15) is 4.79 Å². The quantitative estimate of drug-likeness (QED) is 0.154. The number of nitrogens with one attached hydrogen (secondary N) is 2. The van der Waals surface area contributed by atoms with Gasteiger partial charge in [-0.2, -0.15) is 0 Å². The number of halogens is 1. The Bertz CT molecular complexity index is 842. The Labute approximate surface area is 207 Å². The van der Waals surface area contributed by atoms with E-state index in [2.05, 4.69) is 15.6 Å². The summed E-state index contributed by atoms with van der Waals surface area (Å²) in [5.74, 6) is 0.377. The fraction of sp³-hybridized carbons (Fsp3) is 0.417. The molecule has 7 nitrogen and oxygen atoms in total. The predicted octanol–water partition coefficient (Wildman–Crippen LogP) is 3.52. The Morgan fingerprint density at radius 3 is 2.69 bits per heavy atom. The monoisotopic (exact) mass is 553 g/mol. The van der Waals surface area contributed by atoms with Crippen molar-refractivity contribution in [1.82, 2.24) is 10.6 Å². The van der Waals surface area contributed by atoms with Gasteiger partial charge in [-0.3, -0.25) is 4.99 Å². The van der Waals surface area contributed by atoms with Crippen molar-refractivity contribution in [3.05, 3.63) is 71.3 Å². The number of rotatable bonds is 10. The van der Waals surface area contributed by atoms with Crippen LogP contribution < -0.4 is 10.6 Å². The smallest absolute Gasteiger partial charge is 0.338 e. The highest BCUT2D eigenvalue weighted by molar-refractivity contribution is 14.0. The fourth-order valence-corrected chi connectivity index (χ4v) is 3.19. The first-order chi connectivity index (χ1) is 15.2. The lowest BCUT2D eigenvalue weighted by atomic mass is 10.1. The van der Waals surface area contributed by atoms with Gasteiger partial charge in [0.25, 0.3) is 0 Å². The van der Waals surface area contributed by atoms with Crippen LogP contribution in [0.5, 0.6) is 0 Å². The lowest BCUT2D eigenvalue weighted by molar-refractivity contribution is 0.0419. The summed E-state index contributed by atoms with van der Waals surface area (Å²) >= 11 is 0. The van der Waals surface area contributed by atoms with Crippen LogP contribution in [0.3, 0.4) is 0 Å². The number of hydrogen-bond acceptors (Lipinski definition) is 5. The summed E-state index contributed by atoms with van der Waals surface area (Å²) in [5.41, 5.74) is 2.47. The average Bonchev–Trinajstić information content (AvgIpc) is 3.33. The van der Waals surface area contributed by atoms with E-state index in [0.717, 1.165) is 37.1 Å². The molecular weight excluding hydrogens is 521 g/mol. The number of hydrogen-bond donors (Lipinski definition) is 2. The minimum atomic E-state index is -0.333. The van der Waals surface area contributed by atoms with Gasteiger partial charge in [0, 0.05) is 33.4 Å². The molecule has 174 valence electrons. The first-order valence-corrected chi connectivity index (χ1v) is 10.7. The first kappa shape index (κ1) is 26.1. The van der Waals surface area contributed by atoms with Gasteiger partial charge in [0.05, 0.1) is 18.3 Å². The number of carbonyl (C=O) groups is 1. The fourth-order valence-electron chi connectivity index (χ4n) is 3.19. The molecule has 0 saturated carbocycles. The Morgan fingerprint density at radius 1 is 1.12 bits per heavy atom. The summed E-state index contributed by atoms with van der Waals surface area (Å²) in [6, 6.07) is 17.1. The van der Waals surface area contributed by atoms with Crippen LogP contribution in [0.15, 0.2) is 59.6 Å². The van der Waals surface area contributed by atoms with E-state index in [-0.39, 0.29) is 42.7 Å². The summed E-state index contributed by atoms with van der Waals surface area (Å²) < 4.78 is 16.5. The van der Waals surface area contributed by atoms with E-state index < -0.39 is 0 Å². The van der Waals surface area contributed by atoms with Crippen molar-refractivity contribution in [2.24, 2.45) is 4.99 Å². The molecule has 1 atom stereocenters. The summed E-state index contributed by atoms with van der Waals surface area (Å²) in [6.07, 6.45) is 2.11. The topological polar surface area (TPSA) is 81.2 Å². The maximum absolute atomic E-state index is 12.4. The molecule has 1 heterocycles. The summed E-state index contributed by atoms with van der Waals surface area (Å²) in [7, 11) is 1.74. The molecule has 0 aliphatic carbocycles. The molecule has 0 radical (unpaired) electrons. The SMILES string of the molecule is CN=C(NCCCOC1CCOC1)NCc1cccc(C(=O)OCc2ccccc2)c1.I. The van der Waals surface area contributed by atoms with Gasteiger partial charge in [-0.15, -0.1) is 24.0 Å².